The smallest absolute Gasteiger partial charge is 0.242 e. The van der Waals surface area contributed by atoms with E-state index in [-0.39, 0.29) is 11.9 Å². The van der Waals surface area contributed by atoms with Gasteiger partial charge in [-0.15, -0.1) is 5.10 Å². The molecule has 2 heterocycles. The number of nitrogens with zero attached hydrogens (tertiary/aromatic N) is 3. The van der Waals surface area contributed by atoms with E-state index in [9.17, 15) is 4.79 Å². The molecule has 114 valence electrons. The zero-order valence-corrected chi connectivity index (χ0v) is 13.5. The lowest BCUT2D eigenvalue weighted by atomic mass is 10.0. The molecule has 0 radical (unpaired) electrons. The second-order valence-corrected chi connectivity index (χ2v) is 5.50. The SMILES string of the molecule is CCc1nnc(N2CCNC(=O)C2C)c(C(N)=S)c1CC. The van der Waals surface area contributed by atoms with Crippen molar-refractivity contribution in [3.8, 4) is 0 Å². The van der Waals surface area contributed by atoms with Crippen LogP contribution in [0.5, 0.6) is 0 Å². The molecule has 1 aliphatic heterocycles. The third-order valence-electron chi connectivity index (χ3n) is 3.84. The lowest BCUT2D eigenvalue weighted by Crippen LogP contribution is -2.54. The molecule has 7 heteroatoms. The fourth-order valence-electron chi connectivity index (χ4n) is 2.69. The van der Waals surface area contributed by atoms with E-state index in [2.05, 4.69) is 15.5 Å². The van der Waals surface area contributed by atoms with Crippen LogP contribution in [0.15, 0.2) is 0 Å². The van der Waals surface area contributed by atoms with E-state index in [1.54, 1.807) is 0 Å². The first kappa shape index (κ1) is 15.6. The summed E-state index contributed by atoms with van der Waals surface area (Å²) in [6, 6.07) is -0.307. The predicted octanol–water partition coefficient (Wildman–Crippen LogP) is 0.560. The Balaban J connectivity index is 2.57. The summed E-state index contributed by atoms with van der Waals surface area (Å²) >= 11 is 5.23. The Morgan fingerprint density at radius 2 is 2.14 bits per heavy atom. The van der Waals surface area contributed by atoms with Crippen LogP contribution >= 0.6 is 12.2 Å². The molecular formula is C14H21N5OS. The summed E-state index contributed by atoms with van der Waals surface area (Å²) in [5.41, 5.74) is 8.65. The minimum atomic E-state index is -0.307. The van der Waals surface area contributed by atoms with E-state index in [0.717, 1.165) is 29.7 Å². The Bertz CT molecular complexity index is 575. The van der Waals surface area contributed by atoms with Gasteiger partial charge in [-0.2, -0.15) is 5.10 Å². The molecule has 1 atom stereocenters. The van der Waals surface area contributed by atoms with Crippen molar-refractivity contribution < 1.29 is 4.79 Å². The van der Waals surface area contributed by atoms with Gasteiger partial charge in [-0.1, -0.05) is 26.1 Å². The number of carbonyl (C=O) groups is 1. The van der Waals surface area contributed by atoms with Crippen LogP contribution in [0, 0.1) is 0 Å². The number of nitrogens with one attached hydrogen (secondary N) is 1. The number of hydrogen-bond donors (Lipinski definition) is 2. The molecule has 1 unspecified atom stereocenters. The van der Waals surface area contributed by atoms with Gasteiger partial charge in [0.25, 0.3) is 0 Å². The maximum atomic E-state index is 11.9. The highest BCUT2D eigenvalue weighted by atomic mass is 32.1. The second kappa shape index (κ2) is 6.34. The molecule has 0 saturated carbocycles. The van der Waals surface area contributed by atoms with Crippen molar-refractivity contribution >= 4 is 28.9 Å². The fraction of sp³-hybridized carbons (Fsp3) is 0.571. The maximum absolute atomic E-state index is 11.9. The number of rotatable bonds is 4. The van der Waals surface area contributed by atoms with Crippen LogP contribution in [0.1, 0.15) is 37.6 Å². The molecule has 1 aromatic rings. The minimum Gasteiger partial charge on any atom is -0.389 e. The molecule has 1 fully saturated rings. The van der Waals surface area contributed by atoms with Gasteiger partial charge < -0.3 is 16.0 Å². The van der Waals surface area contributed by atoms with E-state index in [4.69, 9.17) is 18.0 Å². The van der Waals surface area contributed by atoms with Crippen molar-refractivity contribution in [3.05, 3.63) is 16.8 Å². The number of amides is 1. The molecule has 0 aliphatic carbocycles. The van der Waals surface area contributed by atoms with Crippen molar-refractivity contribution in [3.63, 3.8) is 0 Å². The summed E-state index contributed by atoms with van der Waals surface area (Å²) in [7, 11) is 0. The average molecular weight is 307 g/mol. The Labute approximate surface area is 130 Å². The Kier molecular flexibility index (Phi) is 4.72. The third-order valence-corrected chi connectivity index (χ3v) is 4.05. The van der Waals surface area contributed by atoms with Gasteiger partial charge in [0.2, 0.25) is 5.91 Å². The van der Waals surface area contributed by atoms with Crippen molar-refractivity contribution in [2.45, 2.75) is 39.7 Å². The van der Waals surface area contributed by atoms with Crippen molar-refractivity contribution in [2.24, 2.45) is 5.73 Å². The van der Waals surface area contributed by atoms with Gasteiger partial charge in [0.05, 0.1) is 11.3 Å². The standard InChI is InChI=1S/C14H21N5OS/c1-4-9-10(5-2)17-18-13(11(9)12(15)21)19-7-6-16-14(20)8(19)3/h8H,4-7H2,1-3H3,(H2,15,21)(H,16,20). The van der Waals surface area contributed by atoms with Crippen LogP contribution in [0.4, 0.5) is 5.82 Å². The van der Waals surface area contributed by atoms with E-state index >= 15 is 0 Å². The summed E-state index contributed by atoms with van der Waals surface area (Å²) in [6.45, 7) is 7.18. The number of aryl methyl sites for hydroxylation is 1. The van der Waals surface area contributed by atoms with Crippen LogP contribution in [-0.2, 0) is 17.6 Å². The number of thiocarbonyl (C=S) groups is 1. The number of aromatic nitrogens is 2. The number of anilines is 1. The Morgan fingerprint density at radius 1 is 1.43 bits per heavy atom. The molecule has 0 aromatic carbocycles. The first-order valence-electron chi connectivity index (χ1n) is 7.23. The normalized spacial score (nSPS) is 18.5. The van der Waals surface area contributed by atoms with Gasteiger partial charge in [-0.25, -0.2) is 0 Å². The summed E-state index contributed by atoms with van der Waals surface area (Å²) in [5, 5.41) is 11.5. The summed E-state index contributed by atoms with van der Waals surface area (Å²) in [6.07, 6.45) is 1.56. The van der Waals surface area contributed by atoms with Gasteiger partial charge in [0.15, 0.2) is 5.82 Å². The predicted molar refractivity (Wildman–Crippen MR) is 86.5 cm³/mol. The van der Waals surface area contributed by atoms with E-state index in [1.165, 1.54) is 0 Å². The molecule has 1 saturated heterocycles. The molecule has 0 spiro atoms. The topological polar surface area (TPSA) is 84.1 Å². The van der Waals surface area contributed by atoms with Gasteiger partial charge in [-0.05, 0) is 25.3 Å². The molecule has 3 N–H and O–H groups in total. The molecule has 21 heavy (non-hydrogen) atoms. The highest BCUT2D eigenvalue weighted by molar-refractivity contribution is 7.80. The van der Waals surface area contributed by atoms with Crippen LogP contribution in [0.2, 0.25) is 0 Å². The summed E-state index contributed by atoms with van der Waals surface area (Å²) in [4.78, 5) is 14.1. The molecule has 1 aromatic heterocycles. The molecular weight excluding hydrogens is 286 g/mol. The van der Waals surface area contributed by atoms with Gasteiger partial charge >= 0.3 is 0 Å². The highest BCUT2D eigenvalue weighted by Crippen LogP contribution is 2.26. The molecule has 2 rings (SSSR count). The monoisotopic (exact) mass is 307 g/mol. The molecule has 1 amide bonds. The minimum absolute atomic E-state index is 0.0189. The first-order valence-corrected chi connectivity index (χ1v) is 7.64. The third kappa shape index (κ3) is 2.83. The molecule has 6 nitrogen and oxygen atoms in total. The van der Waals surface area contributed by atoms with E-state index in [0.29, 0.717) is 23.9 Å². The van der Waals surface area contributed by atoms with Gasteiger partial charge in [-0.3, -0.25) is 4.79 Å². The number of carbonyl (C=O) groups excluding carboxylic acids is 1. The van der Waals surface area contributed by atoms with Crippen LogP contribution in [0.25, 0.3) is 0 Å². The first-order chi connectivity index (χ1) is 10.0. The maximum Gasteiger partial charge on any atom is 0.242 e. The molecule has 0 bridgehead atoms. The van der Waals surface area contributed by atoms with E-state index < -0.39 is 0 Å². The lowest BCUT2D eigenvalue weighted by molar-refractivity contribution is -0.122. The molecule has 1 aliphatic rings. The van der Waals surface area contributed by atoms with Crippen molar-refractivity contribution in [1.29, 1.82) is 0 Å². The van der Waals surface area contributed by atoms with Crippen LogP contribution in [0.3, 0.4) is 0 Å². The van der Waals surface area contributed by atoms with Crippen LogP contribution in [-0.4, -0.2) is 40.2 Å². The summed E-state index contributed by atoms with van der Waals surface area (Å²) in [5.74, 6) is 0.605. The van der Waals surface area contributed by atoms with Crippen LogP contribution < -0.4 is 16.0 Å². The average Bonchev–Trinajstić information content (AvgIpc) is 2.48. The Morgan fingerprint density at radius 3 is 2.71 bits per heavy atom. The Hall–Kier alpha value is -1.76. The zero-order chi connectivity index (χ0) is 15.6. The number of nitrogens with two attached hydrogens (primary N) is 1. The van der Waals surface area contributed by atoms with Crippen molar-refractivity contribution in [1.82, 2.24) is 15.5 Å². The highest BCUT2D eigenvalue weighted by Gasteiger charge is 2.30. The number of hydrogen-bond acceptors (Lipinski definition) is 5. The van der Waals surface area contributed by atoms with Gasteiger partial charge in [0.1, 0.15) is 11.0 Å². The summed E-state index contributed by atoms with van der Waals surface area (Å²) < 4.78 is 0. The lowest BCUT2D eigenvalue weighted by Gasteiger charge is -2.35. The largest absolute Gasteiger partial charge is 0.389 e. The number of piperazine rings is 1. The van der Waals surface area contributed by atoms with Crippen molar-refractivity contribution in [2.75, 3.05) is 18.0 Å². The second-order valence-electron chi connectivity index (χ2n) is 5.06. The van der Waals surface area contributed by atoms with E-state index in [1.807, 2.05) is 25.7 Å². The van der Waals surface area contributed by atoms with Gasteiger partial charge in [0, 0.05) is 13.1 Å². The fourth-order valence-corrected chi connectivity index (χ4v) is 2.91. The zero-order valence-electron chi connectivity index (χ0n) is 12.6. The quantitative estimate of drug-likeness (QED) is 0.791.